The van der Waals surface area contributed by atoms with Crippen LogP contribution in [0.3, 0.4) is 0 Å². The van der Waals surface area contributed by atoms with Crippen molar-refractivity contribution >= 4 is 11.9 Å². The van der Waals surface area contributed by atoms with Crippen molar-refractivity contribution in [2.75, 3.05) is 6.54 Å². The first-order chi connectivity index (χ1) is 12.1. The zero-order valence-electron chi connectivity index (χ0n) is 14.4. The largest absolute Gasteiger partial charge is 0.478 e. The minimum Gasteiger partial charge on any atom is -0.478 e. The Bertz CT molecular complexity index is 711. The normalized spacial score (nSPS) is 10.4. The summed E-state index contributed by atoms with van der Waals surface area (Å²) in [6, 6.07) is 14.4. The van der Waals surface area contributed by atoms with Gasteiger partial charge >= 0.3 is 5.97 Å². The topological polar surface area (TPSA) is 78.4 Å². The highest BCUT2D eigenvalue weighted by Crippen LogP contribution is 2.07. The van der Waals surface area contributed by atoms with Gasteiger partial charge in [-0.2, -0.15) is 0 Å². The maximum Gasteiger partial charge on any atom is 0.335 e. The highest BCUT2D eigenvalue weighted by molar-refractivity contribution is 5.94. The number of hydrogen-bond donors (Lipinski definition) is 3. The molecule has 2 aromatic carbocycles. The van der Waals surface area contributed by atoms with Gasteiger partial charge in [-0.3, -0.25) is 4.79 Å². The molecule has 2 rings (SSSR count). The molecular weight excluding hydrogens is 316 g/mol. The molecule has 0 aliphatic carbocycles. The van der Waals surface area contributed by atoms with Crippen molar-refractivity contribution in [3.05, 3.63) is 70.8 Å². The molecule has 0 unspecified atom stereocenters. The predicted molar refractivity (Wildman–Crippen MR) is 97.6 cm³/mol. The van der Waals surface area contributed by atoms with E-state index in [1.165, 1.54) is 0 Å². The van der Waals surface area contributed by atoms with Gasteiger partial charge in [-0.1, -0.05) is 37.6 Å². The number of carboxylic acids is 1. The Morgan fingerprint density at radius 1 is 0.960 bits per heavy atom. The fourth-order valence-electron chi connectivity index (χ4n) is 2.42. The number of carbonyl (C=O) groups is 2. The van der Waals surface area contributed by atoms with Gasteiger partial charge in [-0.25, -0.2) is 4.79 Å². The van der Waals surface area contributed by atoms with E-state index in [9.17, 15) is 9.59 Å². The fourth-order valence-corrected chi connectivity index (χ4v) is 2.42. The molecule has 0 spiro atoms. The zero-order valence-corrected chi connectivity index (χ0v) is 14.4. The zero-order chi connectivity index (χ0) is 18.1. The van der Waals surface area contributed by atoms with Gasteiger partial charge in [0.1, 0.15) is 0 Å². The van der Waals surface area contributed by atoms with Crippen molar-refractivity contribution in [3.63, 3.8) is 0 Å². The quantitative estimate of drug-likeness (QED) is 0.613. The van der Waals surface area contributed by atoms with E-state index in [1.807, 2.05) is 30.3 Å². The molecule has 5 heteroatoms. The third kappa shape index (κ3) is 6.04. The SMILES string of the molecule is CCCCNC(=O)c1ccc(CNCc2cccc(C(=O)O)c2)cc1. The van der Waals surface area contributed by atoms with E-state index in [0.717, 1.165) is 24.0 Å². The van der Waals surface area contributed by atoms with Gasteiger partial charge < -0.3 is 15.7 Å². The summed E-state index contributed by atoms with van der Waals surface area (Å²) in [6.45, 7) is 4.02. The van der Waals surface area contributed by atoms with Crippen molar-refractivity contribution in [2.45, 2.75) is 32.9 Å². The van der Waals surface area contributed by atoms with Crippen molar-refractivity contribution < 1.29 is 14.7 Å². The second kappa shape index (κ2) is 9.59. The number of unbranched alkanes of at least 4 members (excludes halogenated alkanes) is 1. The molecule has 3 N–H and O–H groups in total. The maximum atomic E-state index is 11.9. The molecular formula is C20H24N2O3. The van der Waals surface area contributed by atoms with Crippen molar-refractivity contribution in [1.29, 1.82) is 0 Å². The second-order valence-electron chi connectivity index (χ2n) is 5.92. The summed E-state index contributed by atoms with van der Waals surface area (Å²) in [5.74, 6) is -0.965. The molecule has 132 valence electrons. The average Bonchev–Trinajstić information content (AvgIpc) is 2.62. The number of aromatic carboxylic acids is 1. The van der Waals surface area contributed by atoms with Crippen LogP contribution in [0.5, 0.6) is 0 Å². The van der Waals surface area contributed by atoms with Crippen LogP contribution in [-0.4, -0.2) is 23.5 Å². The minimum absolute atomic E-state index is 0.0431. The van der Waals surface area contributed by atoms with Crippen LogP contribution in [0.25, 0.3) is 0 Å². The molecule has 5 nitrogen and oxygen atoms in total. The Morgan fingerprint density at radius 3 is 2.36 bits per heavy atom. The first kappa shape index (κ1) is 18.7. The van der Waals surface area contributed by atoms with Crippen LogP contribution in [0.1, 0.15) is 51.6 Å². The van der Waals surface area contributed by atoms with Crippen LogP contribution in [0.2, 0.25) is 0 Å². The van der Waals surface area contributed by atoms with Gasteiger partial charge in [-0.05, 0) is 41.8 Å². The molecule has 0 atom stereocenters. The molecule has 0 saturated carbocycles. The Morgan fingerprint density at radius 2 is 1.68 bits per heavy atom. The Balaban J connectivity index is 1.82. The van der Waals surface area contributed by atoms with Gasteiger partial charge in [0.05, 0.1) is 5.56 Å². The monoisotopic (exact) mass is 340 g/mol. The van der Waals surface area contributed by atoms with E-state index in [1.54, 1.807) is 18.2 Å². The van der Waals surface area contributed by atoms with Crippen LogP contribution in [0.15, 0.2) is 48.5 Å². The number of nitrogens with one attached hydrogen (secondary N) is 2. The molecule has 0 aromatic heterocycles. The predicted octanol–water partition coefficient (Wildman–Crippen LogP) is 3.20. The van der Waals surface area contributed by atoms with E-state index >= 15 is 0 Å². The van der Waals surface area contributed by atoms with Crippen LogP contribution in [-0.2, 0) is 13.1 Å². The lowest BCUT2D eigenvalue weighted by molar-refractivity contribution is 0.0696. The van der Waals surface area contributed by atoms with E-state index in [0.29, 0.717) is 25.2 Å². The van der Waals surface area contributed by atoms with Crippen molar-refractivity contribution in [2.24, 2.45) is 0 Å². The first-order valence-electron chi connectivity index (χ1n) is 8.50. The van der Waals surface area contributed by atoms with Crippen LogP contribution in [0, 0.1) is 0 Å². The molecule has 0 fully saturated rings. The van der Waals surface area contributed by atoms with E-state index < -0.39 is 5.97 Å². The third-order valence-corrected chi connectivity index (χ3v) is 3.86. The summed E-state index contributed by atoms with van der Waals surface area (Å²) in [5.41, 5.74) is 2.94. The van der Waals surface area contributed by atoms with Gasteiger partial charge in [0.15, 0.2) is 0 Å². The lowest BCUT2D eigenvalue weighted by atomic mass is 10.1. The number of benzene rings is 2. The Hall–Kier alpha value is -2.66. The van der Waals surface area contributed by atoms with Gasteiger partial charge in [0, 0.05) is 25.2 Å². The molecule has 0 aliphatic heterocycles. The first-order valence-corrected chi connectivity index (χ1v) is 8.50. The highest BCUT2D eigenvalue weighted by Gasteiger charge is 2.05. The Labute approximate surface area is 148 Å². The van der Waals surface area contributed by atoms with Gasteiger partial charge in [0.2, 0.25) is 0 Å². The van der Waals surface area contributed by atoms with Crippen LogP contribution in [0.4, 0.5) is 0 Å². The lowest BCUT2D eigenvalue weighted by Gasteiger charge is -2.08. The summed E-state index contributed by atoms with van der Waals surface area (Å²) in [7, 11) is 0. The van der Waals surface area contributed by atoms with Crippen molar-refractivity contribution in [3.8, 4) is 0 Å². The van der Waals surface area contributed by atoms with E-state index in [2.05, 4.69) is 17.6 Å². The minimum atomic E-state index is -0.922. The van der Waals surface area contributed by atoms with Gasteiger partial charge in [0.25, 0.3) is 5.91 Å². The molecule has 0 saturated heterocycles. The number of rotatable bonds is 9. The van der Waals surface area contributed by atoms with E-state index in [4.69, 9.17) is 5.11 Å². The summed E-state index contributed by atoms with van der Waals surface area (Å²) >= 11 is 0. The number of carboxylic acid groups (broad SMARTS) is 1. The van der Waals surface area contributed by atoms with Crippen LogP contribution < -0.4 is 10.6 Å². The second-order valence-corrected chi connectivity index (χ2v) is 5.92. The Kier molecular flexibility index (Phi) is 7.16. The smallest absolute Gasteiger partial charge is 0.335 e. The molecule has 0 heterocycles. The highest BCUT2D eigenvalue weighted by atomic mass is 16.4. The lowest BCUT2D eigenvalue weighted by Crippen LogP contribution is -2.24. The maximum absolute atomic E-state index is 11.9. The molecule has 0 radical (unpaired) electrons. The summed E-state index contributed by atoms with van der Waals surface area (Å²) in [4.78, 5) is 22.9. The number of amides is 1. The molecule has 0 bridgehead atoms. The van der Waals surface area contributed by atoms with Gasteiger partial charge in [-0.15, -0.1) is 0 Å². The van der Waals surface area contributed by atoms with Crippen LogP contribution >= 0.6 is 0 Å². The summed E-state index contributed by atoms with van der Waals surface area (Å²) < 4.78 is 0. The standard InChI is InChI=1S/C20H24N2O3/c1-2-3-11-22-19(23)17-9-7-15(8-10-17)13-21-14-16-5-4-6-18(12-16)20(24)25/h4-10,12,21H,2-3,11,13-14H2,1H3,(H,22,23)(H,24,25). The molecule has 2 aromatic rings. The number of carbonyl (C=O) groups excluding carboxylic acids is 1. The summed E-state index contributed by atoms with van der Waals surface area (Å²) in [6.07, 6.45) is 2.04. The average molecular weight is 340 g/mol. The molecule has 25 heavy (non-hydrogen) atoms. The fraction of sp³-hybridized carbons (Fsp3) is 0.300. The number of hydrogen-bond acceptors (Lipinski definition) is 3. The van der Waals surface area contributed by atoms with Crippen molar-refractivity contribution in [1.82, 2.24) is 10.6 Å². The molecule has 0 aliphatic rings. The molecule has 1 amide bonds. The van der Waals surface area contributed by atoms with E-state index in [-0.39, 0.29) is 11.5 Å². The summed E-state index contributed by atoms with van der Waals surface area (Å²) in [5, 5.41) is 15.2. The third-order valence-electron chi connectivity index (χ3n) is 3.86.